The summed E-state index contributed by atoms with van der Waals surface area (Å²) in [7, 11) is 0. The number of anilines is 1. The first kappa shape index (κ1) is 12.5. The van der Waals surface area contributed by atoms with Gasteiger partial charge in [-0.1, -0.05) is 19.8 Å². The Morgan fingerprint density at radius 1 is 1.33 bits per heavy atom. The summed E-state index contributed by atoms with van der Waals surface area (Å²) in [6.07, 6.45) is 5.57. The molecule has 1 heterocycles. The van der Waals surface area contributed by atoms with Crippen LogP contribution in [0.2, 0.25) is 0 Å². The Morgan fingerprint density at radius 3 is 2.78 bits per heavy atom. The number of aromatic nitrogens is 3. The highest BCUT2D eigenvalue weighted by Crippen LogP contribution is 2.23. The standard InChI is InChI=1S/C11H17N5O2/c1-7-4-2-3-5-8(7)14-9(17)10(18)15-11-12-6-13-16-11/h6-8H,2-5H2,1H3,(H,14,17)(H2,12,13,15,16,18). The van der Waals surface area contributed by atoms with Crippen molar-refractivity contribution in [2.75, 3.05) is 5.32 Å². The molecule has 0 saturated heterocycles. The lowest BCUT2D eigenvalue weighted by Crippen LogP contribution is -2.45. The fourth-order valence-corrected chi connectivity index (χ4v) is 2.19. The number of nitrogens with zero attached hydrogens (tertiary/aromatic N) is 2. The quantitative estimate of drug-likeness (QED) is 0.664. The van der Waals surface area contributed by atoms with Gasteiger partial charge in [-0.15, -0.1) is 0 Å². The Labute approximate surface area is 105 Å². The summed E-state index contributed by atoms with van der Waals surface area (Å²) < 4.78 is 0. The van der Waals surface area contributed by atoms with Gasteiger partial charge in [-0.3, -0.25) is 14.9 Å². The molecule has 1 fully saturated rings. The molecule has 98 valence electrons. The molecule has 7 heteroatoms. The Bertz CT molecular complexity index is 417. The van der Waals surface area contributed by atoms with Crippen molar-refractivity contribution in [1.29, 1.82) is 0 Å². The van der Waals surface area contributed by atoms with E-state index in [0.717, 1.165) is 19.3 Å². The van der Waals surface area contributed by atoms with Crippen LogP contribution in [-0.2, 0) is 9.59 Å². The predicted octanol–water partition coefficient (Wildman–Crippen LogP) is 0.438. The highest BCUT2D eigenvalue weighted by atomic mass is 16.2. The number of carbonyl (C=O) groups excluding carboxylic acids is 2. The molecule has 2 amide bonds. The van der Waals surface area contributed by atoms with Crippen molar-refractivity contribution >= 4 is 17.8 Å². The van der Waals surface area contributed by atoms with E-state index in [0.29, 0.717) is 5.92 Å². The van der Waals surface area contributed by atoms with Gasteiger partial charge in [0.1, 0.15) is 6.33 Å². The highest BCUT2D eigenvalue weighted by Gasteiger charge is 2.25. The van der Waals surface area contributed by atoms with Crippen molar-refractivity contribution in [3.63, 3.8) is 0 Å². The molecule has 2 atom stereocenters. The van der Waals surface area contributed by atoms with E-state index in [1.54, 1.807) is 0 Å². The Balaban J connectivity index is 1.85. The minimum Gasteiger partial charge on any atom is -0.345 e. The molecule has 7 nitrogen and oxygen atoms in total. The summed E-state index contributed by atoms with van der Waals surface area (Å²) in [6, 6.07) is 0.0896. The lowest BCUT2D eigenvalue weighted by molar-refractivity contribution is -0.137. The molecule has 1 aliphatic carbocycles. The van der Waals surface area contributed by atoms with E-state index in [4.69, 9.17) is 0 Å². The van der Waals surface area contributed by atoms with E-state index < -0.39 is 11.8 Å². The molecule has 0 bridgehead atoms. The Hall–Kier alpha value is -1.92. The highest BCUT2D eigenvalue weighted by molar-refractivity contribution is 6.39. The van der Waals surface area contributed by atoms with Crippen LogP contribution in [0, 0.1) is 5.92 Å². The first-order valence-corrected chi connectivity index (χ1v) is 6.14. The van der Waals surface area contributed by atoms with Crippen LogP contribution in [0.4, 0.5) is 5.95 Å². The van der Waals surface area contributed by atoms with Crippen LogP contribution in [-0.4, -0.2) is 33.0 Å². The monoisotopic (exact) mass is 251 g/mol. The molecule has 2 rings (SSSR count). The van der Waals surface area contributed by atoms with Gasteiger partial charge in [-0.05, 0) is 18.8 Å². The normalized spacial score (nSPS) is 23.4. The third-order valence-electron chi connectivity index (χ3n) is 3.28. The van der Waals surface area contributed by atoms with Crippen LogP contribution in [0.3, 0.4) is 0 Å². The van der Waals surface area contributed by atoms with Gasteiger partial charge in [0.15, 0.2) is 0 Å². The third-order valence-corrected chi connectivity index (χ3v) is 3.28. The number of hydrogen-bond acceptors (Lipinski definition) is 4. The summed E-state index contributed by atoms with van der Waals surface area (Å²) in [6.45, 7) is 2.10. The van der Waals surface area contributed by atoms with Crippen LogP contribution >= 0.6 is 0 Å². The average molecular weight is 251 g/mol. The second-order valence-electron chi connectivity index (χ2n) is 4.63. The Kier molecular flexibility index (Phi) is 3.91. The van der Waals surface area contributed by atoms with Crippen molar-refractivity contribution in [3.8, 4) is 0 Å². The van der Waals surface area contributed by atoms with Gasteiger partial charge in [0, 0.05) is 6.04 Å². The van der Waals surface area contributed by atoms with Crippen LogP contribution in [0.15, 0.2) is 6.33 Å². The van der Waals surface area contributed by atoms with E-state index in [-0.39, 0.29) is 12.0 Å². The average Bonchev–Trinajstić information content (AvgIpc) is 2.84. The summed E-state index contributed by atoms with van der Waals surface area (Å²) in [5, 5.41) is 11.2. The van der Waals surface area contributed by atoms with E-state index >= 15 is 0 Å². The van der Waals surface area contributed by atoms with E-state index in [2.05, 4.69) is 32.7 Å². The predicted molar refractivity (Wildman–Crippen MR) is 64.6 cm³/mol. The van der Waals surface area contributed by atoms with Crippen molar-refractivity contribution in [3.05, 3.63) is 6.33 Å². The first-order valence-electron chi connectivity index (χ1n) is 6.14. The lowest BCUT2D eigenvalue weighted by Gasteiger charge is -2.29. The van der Waals surface area contributed by atoms with Crippen LogP contribution < -0.4 is 10.6 Å². The van der Waals surface area contributed by atoms with Gasteiger partial charge >= 0.3 is 11.8 Å². The maximum Gasteiger partial charge on any atom is 0.316 e. The van der Waals surface area contributed by atoms with Gasteiger partial charge in [-0.2, -0.15) is 10.1 Å². The summed E-state index contributed by atoms with van der Waals surface area (Å²) in [5.41, 5.74) is 0. The first-order chi connectivity index (χ1) is 8.66. The SMILES string of the molecule is CC1CCCCC1NC(=O)C(=O)Nc1ncn[nH]1. The van der Waals surface area contributed by atoms with Crippen LogP contribution in [0.25, 0.3) is 0 Å². The number of rotatable bonds is 2. The molecule has 3 N–H and O–H groups in total. The second-order valence-corrected chi connectivity index (χ2v) is 4.63. The van der Waals surface area contributed by atoms with Crippen LogP contribution in [0.1, 0.15) is 32.6 Å². The minimum absolute atomic E-state index is 0.0896. The van der Waals surface area contributed by atoms with Gasteiger partial charge < -0.3 is 5.32 Å². The lowest BCUT2D eigenvalue weighted by atomic mass is 9.86. The molecule has 0 aromatic carbocycles. The van der Waals surface area contributed by atoms with Gasteiger partial charge in [0.2, 0.25) is 5.95 Å². The Morgan fingerprint density at radius 2 is 2.11 bits per heavy atom. The number of hydrogen-bond donors (Lipinski definition) is 3. The maximum absolute atomic E-state index is 11.7. The van der Waals surface area contributed by atoms with Crippen molar-refractivity contribution in [1.82, 2.24) is 20.5 Å². The molecular weight excluding hydrogens is 234 g/mol. The number of carbonyl (C=O) groups is 2. The molecule has 2 unspecified atom stereocenters. The number of nitrogens with one attached hydrogen (secondary N) is 3. The summed E-state index contributed by atoms with van der Waals surface area (Å²) in [5.74, 6) is -0.748. The van der Waals surface area contributed by atoms with Gasteiger partial charge in [-0.25, -0.2) is 5.10 Å². The zero-order chi connectivity index (χ0) is 13.0. The molecule has 1 aromatic heterocycles. The molecule has 1 aliphatic rings. The second kappa shape index (κ2) is 5.61. The largest absolute Gasteiger partial charge is 0.345 e. The van der Waals surface area contributed by atoms with E-state index in [1.807, 2.05) is 0 Å². The van der Waals surface area contributed by atoms with Gasteiger partial charge in [0.05, 0.1) is 0 Å². The molecular formula is C11H17N5O2. The summed E-state index contributed by atoms with van der Waals surface area (Å²) in [4.78, 5) is 27.0. The van der Waals surface area contributed by atoms with Gasteiger partial charge in [0.25, 0.3) is 0 Å². The molecule has 0 radical (unpaired) electrons. The third kappa shape index (κ3) is 3.06. The van der Waals surface area contributed by atoms with Crippen LogP contribution in [0.5, 0.6) is 0 Å². The van der Waals surface area contributed by atoms with Crippen molar-refractivity contribution in [2.45, 2.75) is 38.6 Å². The van der Waals surface area contributed by atoms with Crippen molar-refractivity contribution < 1.29 is 9.59 Å². The van der Waals surface area contributed by atoms with E-state index in [1.165, 1.54) is 12.7 Å². The number of aromatic amines is 1. The number of H-pyrrole nitrogens is 1. The zero-order valence-corrected chi connectivity index (χ0v) is 10.3. The van der Waals surface area contributed by atoms with E-state index in [9.17, 15) is 9.59 Å². The smallest absolute Gasteiger partial charge is 0.316 e. The summed E-state index contributed by atoms with van der Waals surface area (Å²) >= 11 is 0. The molecule has 0 spiro atoms. The molecule has 18 heavy (non-hydrogen) atoms. The molecule has 1 aromatic rings. The fraction of sp³-hybridized carbons (Fsp3) is 0.636. The molecule has 1 saturated carbocycles. The fourth-order valence-electron chi connectivity index (χ4n) is 2.19. The van der Waals surface area contributed by atoms with Crippen molar-refractivity contribution in [2.24, 2.45) is 5.92 Å². The topological polar surface area (TPSA) is 99.8 Å². The number of amides is 2. The zero-order valence-electron chi connectivity index (χ0n) is 10.3. The molecule has 0 aliphatic heterocycles. The minimum atomic E-state index is -0.718. The maximum atomic E-state index is 11.7.